The summed E-state index contributed by atoms with van der Waals surface area (Å²) in [7, 11) is 0. The second-order valence-corrected chi connectivity index (χ2v) is 2.91. The predicted molar refractivity (Wildman–Crippen MR) is 52.9 cm³/mol. The number of hydrogen-bond acceptors (Lipinski definition) is 1. The standard InChI is InChI=1S/C11H16O/c1-5-7-10(9(3)4)8-11(12)6-2/h5-9H,2H2,1,3-4H3/b7-5?,10-8-. The summed E-state index contributed by atoms with van der Waals surface area (Å²) in [5.74, 6) is 0.349. The van der Waals surface area contributed by atoms with E-state index >= 15 is 0 Å². The molecule has 0 rings (SSSR count). The molecule has 0 heterocycles. The van der Waals surface area contributed by atoms with Gasteiger partial charge in [0, 0.05) is 0 Å². The molecule has 0 amide bonds. The average molecular weight is 164 g/mol. The highest BCUT2D eigenvalue weighted by atomic mass is 16.1. The van der Waals surface area contributed by atoms with Gasteiger partial charge in [-0.15, -0.1) is 0 Å². The number of ketones is 1. The molecule has 0 saturated heterocycles. The van der Waals surface area contributed by atoms with Gasteiger partial charge in [-0.25, -0.2) is 0 Å². The molecule has 0 bridgehead atoms. The fraction of sp³-hybridized carbons (Fsp3) is 0.364. The molecule has 0 saturated carbocycles. The van der Waals surface area contributed by atoms with E-state index in [2.05, 4.69) is 20.4 Å². The van der Waals surface area contributed by atoms with Gasteiger partial charge in [-0.2, -0.15) is 0 Å². The molecule has 0 aromatic carbocycles. The van der Waals surface area contributed by atoms with Gasteiger partial charge in [0.15, 0.2) is 5.78 Å². The van der Waals surface area contributed by atoms with Crippen LogP contribution >= 0.6 is 0 Å². The first-order valence-corrected chi connectivity index (χ1v) is 4.12. The van der Waals surface area contributed by atoms with Crippen LogP contribution in [0, 0.1) is 5.92 Å². The highest BCUT2D eigenvalue weighted by Gasteiger charge is 1.99. The highest BCUT2D eigenvalue weighted by Crippen LogP contribution is 2.10. The van der Waals surface area contributed by atoms with Crippen molar-refractivity contribution in [3.8, 4) is 0 Å². The lowest BCUT2D eigenvalue weighted by Gasteiger charge is -2.04. The lowest BCUT2D eigenvalue weighted by molar-refractivity contribution is -0.110. The Hall–Kier alpha value is -1.11. The molecule has 66 valence electrons. The average Bonchev–Trinajstić information content (AvgIpc) is 2.03. The molecule has 0 spiro atoms. The van der Waals surface area contributed by atoms with Gasteiger partial charge in [-0.05, 0) is 30.6 Å². The van der Waals surface area contributed by atoms with Crippen LogP contribution in [-0.4, -0.2) is 5.78 Å². The molecular formula is C11H16O. The number of carbonyl (C=O) groups is 1. The van der Waals surface area contributed by atoms with Gasteiger partial charge in [-0.1, -0.05) is 32.6 Å². The summed E-state index contributed by atoms with van der Waals surface area (Å²) in [6.45, 7) is 9.47. The van der Waals surface area contributed by atoms with E-state index in [0.29, 0.717) is 5.92 Å². The van der Waals surface area contributed by atoms with E-state index in [0.717, 1.165) is 5.57 Å². The van der Waals surface area contributed by atoms with E-state index in [1.165, 1.54) is 6.08 Å². The van der Waals surface area contributed by atoms with Crippen LogP contribution in [0.15, 0.2) is 36.5 Å². The highest BCUT2D eigenvalue weighted by molar-refractivity contribution is 5.99. The molecule has 0 atom stereocenters. The van der Waals surface area contributed by atoms with Gasteiger partial charge in [-0.3, -0.25) is 4.79 Å². The van der Waals surface area contributed by atoms with Crippen molar-refractivity contribution in [1.82, 2.24) is 0 Å². The van der Waals surface area contributed by atoms with Gasteiger partial charge in [0.2, 0.25) is 0 Å². The minimum atomic E-state index is -0.0307. The van der Waals surface area contributed by atoms with Crippen LogP contribution in [-0.2, 0) is 4.79 Å². The third-order valence-electron chi connectivity index (χ3n) is 1.54. The van der Waals surface area contributed by atoms with Crippen molar-refractivity contribution >= 4 is 5.78 Å². The molecule has 0 aromatic heterocycles. The van der Waals surface area contributed by atoms with Crippen LogP contribution in [0.2, 0.25) is 0 Å². The predicted octanol–water partition coefficient (Wildman–Crippen LogP) is 2.90. The lowest BCUT2D eigenvalue weighted by Crippen LogP contribution is -1.95. The minimum absolute atomic E-state index is 0.0307. The molecule has 1 nitrogen and oxygen atoms in total. The number of carbonyl (C=O) groups excluding carboxylic acids is 1. The van der Waals surface area contributed by atoms with Crippen molar-refractivity contribution in [3.05, 3.63) is 36.5 Å². The van der Waals surface area contributed by atoms with Crippen LogP contribution in [0.25, 0.3) is 0 Å². The summed E-state index contributed by atoms with van der Waals surface area (Å²) in [5.41, 5.74) is 1.04. The van der Waals surface area contributed by atoms with Gasteiger partial charge in [0.25, 0.3) is 0 Å². The Morgan fingerprint density at radius 3 is 2.33 bits per heavy atom. The number of allylic oxidation sites excluding steroid dienone is 5. The molecule has 12 heavy (non-hydrogen) atoms. The van der Waals surface area contributed by atoms with Crippen molar-refractivity contribution in [2.75, 3.05) is 0 Å². The number of rotatable bonds is 4. The second-order valence-electron chi connectivity index (χ2n) is 2.91. The molecule has 1 heteroatoms. The fourth-order valence-electron chi connectivity index (χ4n) is 0.823. The molecule has 0 N–H and O–H groups in total. The summed E-state index contributed by atoms with van der Waals surface area (Å²) in [6.07, 6.45) is 6.83. The first kappa shape index (κ1) is 10.9. The summed E-state index contributed by atoms with van der Waals surface area (Å²) < 4.78 is 0. The van der Waals surface area contributed by atoms with Gasteiger partial charge in [0.05, 0.1) is 0 Å². The molecule has 0 aliphatic rings. The summed E-state index contributed by atoms with van der Waals surface area (Å²) in [5, 5.41) is 0. The zero-order valence-electron chi connectivity index (χ0n) is 8.00. The van der Waals surface area contributed by atoms with Gasteiger partial charge < -0.3 is 0 Å². The molecule has 0 fully saturated rings. The van der Waals surface area contributed by atoms with Crippen molar-refractivity contribution < 1.29 is 4.79 Å². The van der Waals surface area contributed by atoms with Crippen molar-refractivity contribution in [3.63, 3.8) is 0 Å². The largest absolute Gasteiger partial charge is 0.290 e. The Morgan fingerprint density at radius 2 is 2.00 bits per heavy atom. The van der Waals surface area contributed by atoms with Crippen molar-refractivity contribution in [2.24, 2.45) is 5.92 Å². The Balaban J connectivity index is 4.60. The monoisotopic (exact) mass is 164 g/mol. The van der Waals surface area contributed by atoms with Crippen molar-refractivity contribution in [1.29, 1.82) is 0 Å². The van der Waals surface area contributed by atoms with Crippen LogP contribution < -0.4 is 0 Å². The maximum atomic E-state index is 11.0. The zero-order chi connectivity index (χ0) is 9.56. The summed E-state index contributed by atoms with van der Waals surface area (Å²) >= 11 is 0. The fourth-order valence-corrected chi connectivity index (χ4v) is 0.823. The van der Waals surface area contributed by atoms with E-state index in [1.54, 1.807) is 6.08 Å². The second kappa shape index (κ2) is 5.53. The summed E-state index contributed by atoms with van der Waals surface area (Å²) in [6, 6.07) is 0. The summed E-state index contributed by atoms with van der Waals surface area (Å²) in [4.78, 5) is 11.0. The molecule has 0 radical (unpaired) electrons. The maximum absolute atomic E-state index is 11.0. The quantitative estimate of drug-likeness (QED) is 0.461. The van der Waals surface area contributed by atoms with Crippen molar-refractivity contribution in [2.45, 2.75) is 20.8 Å². The maximum Gasteiger partial charge on any atom is 0.178 e. The lowest BCUT2D eigenvalue weighted by atomic mass is 10.0. The molecule has 0 aliphatic carbocycles. The van der Waals surface area contributed by atoms with Crippen LogP contribution in [0.1, 0.15) is 20.8 Å². The molecule has 0 aliphatic heterocycles. The van der Waals surface area contributed by atoms with Gasteiger partial charge in [0.1, 0.15) is 0 Å². The Morgan fingerprint density at radius 1 is 1.42 bits per heavy atom. The van der Waals surface area contributed by atoms with E-state index in [1.807, 2.05) is 19.1 Å². The Bertz CT molecular complexity index is 219. The SMILES string of the molecule is C=CC(=O)/C=C(/C=CC)C(C)C. The molecular weight excluding hydrogens is 148 g/mol. The van der Waals surface area contributed by atoms with E-state index in [4.69, 9.17) is 0 Å². The zero-order valence-corrected chi connectivity index (χ0v) is 8.00. The first-order valence-electron chi connectivity index (χ1n) is 4.12. The Kier molecular flexibility index (Phi) is 5.02. The normalized spacial score (nSPS) is 12.5. The van der Waals surface area contributed by atoms with E-state index < -0.39 is 0 Å². The third kappa shape index (κ3) is 3.91. The van der Waals surface area contributed by atoms with Crippen LogP contribution in [0.4, 0.5) is 0 Å². The van der Waals surface area contributed by atoms with E-state index in [-0.39, 0.29) is 5.78 Å². The number of hydrogen-bond donors (Lipinski definition) is 0. The van der Waals surface area contributed by atoms with Gasteiger partial charge >= 0.3 is 0 Å². The topological polar surface area (TPSA) is 17.1 Å². The molecule has 0 unspecified atom stereocenters. The Labute approximate surface area is 74.5 Å². The van der Waals surface area contributed by atoms with Crippen LogP contribution in [0.3, 0.4) is 0 Å². The minimum Gasteiger partial charge on any atom is -0.290 e. The van der Waals surface area contributed by atoms with Crippen LogP contribution in [0.5, 0.6) is 0 Å². The smallest absolute Gasteiger partial charge is 0.178 e. The van der Waals surface area contributed by atoms with E-state index in [9.17, 15) is 4.79 Å². The first-order chi connectivity index (χ1) is 5.61. The molecule has 0 aromatic rings. The third-order valence-corrected chi connectivity index (χ3v) is 1.54.